The number of hydrogen-bond donors (Lipinski definition) is 0. The van der Waals surface area contributed by atoms with Crippen LogP contribution in [0.4, 0.5) is 0 Å². The summed E-state index contributed by atoms with van der Waals surface area (Å²) in [6.07, 6.45) is 4.60. The summed E-state index contributed by atoms with van der Waals surface area (Å²) in [6, 6.07) is 10.3. The van der Waals surface area contributed by atoms with E-state index in [1.807, 2.05) is 34.6 Å². The fraction of sp³-hybridized carbons (Fsp3) is 0.524. The number of aryl methyl sites for hydroxylation is 2. The molecule has 1 aromatic heterocycles. The molecule has 1 saturated heterocycles. The molecule has 1 fully saturated rings. The van der Waals surface area contributed by atoms with Gasteiger partial charge in [0.25, 0.3) is 0 Å². The van der Waals surface area contributed by atoms with Gasteiger partial charge in [-0.05, 0) is 31.7 Å². The predicted octanol–water partition coefficient (Wildman–Crippen LogP) is 2.13. The largest absolute Gasteiger partial charge is 0.342 e. The van der Waals surface area contributed by atoms with Crippen molar-refractivity contribution >= 4 is 11.8 Å². The van der Waals surface area contributed by atoms with E-state index < -0.39 is 0 Å². The molecule has 2 aromatic rings. The van der Waals surface area contributed by atoms with Crippen LogP contribution in [-0.4, -0.2) is 56.5 Å². The van der Waals surface area contributed by atoms with Gasteiger partial charge in [-0.3, -0.25) is 9.59 Å². The Labute approximate surface area is 166 Å². The van der Waals surface area contributed by atoms with Crippen molar-refractivity contribution < 1.29 is 9.59 Å². The lowest BCUT2D eigenvalue weighted by atomic mass is 9.95. The summed E-state index contributed by atoms with van der Waals surface area (Å²) in [6.45, 7) is 4.44. The molecule has 2 amide bonds. The smallest absolute Gasteiger partial charge is 0.227 e. The number of carbonyl (C=O) groups is 2. The van der Waals surface area contributed by atoms with Gasteiger partial charge in [0.05, 0.1) is 12.5 Å². The first kappa shape index (κ1) is 20.0. The Morgan fingerprint density at radius 2 is 2.07 bits per heavy atom. The lowest BCUT2D eigenvalue weighted by Crippen LogP contribution is -2.46. The maximum Gasteiger partial charge on any atom is 0.227 e. The van der Waals surface area contributed by atoms with Crippen molar-refractivity contribution in [2.75, 3.05) is 20.1 Å². The summed E-state index contributed by atoms with van der Waals surface area (Å²) in [5, 5.41) is 8.03. The van der Waals surface area contributed by atoms with E-state index >= 15 is 0 Å². The van der Waals surface area contributed by atoms with Crippen LogP contribution in [0, 0.1) is 5.92 Å². The molecule has 0 aliphatic carbocycles. The molecule has 1 atom stereocenters. The van der Waals surface area contributed by atoms with E-state index in [2.05, 4.69) is 22.3 Å². The average molecular weight is 383 g/mol. The Bertz CT molecular complexity index is 789. The lowest BCUT2D eigenvalue weighted by molar-refractivity contribution is -0.142. The standard InChI is InChI=1S/C21H29N5O2/c1-3-25-16-22-23-19(25)15-24(2)21(28)18-11-12-20(27)26(14-18)13-7-10-17-8-5-4-6-9-17/h4-6,8-9,16,18H,3,7,10-15H2,1-2H3. The van der Waals surface area contributed by atoms with Crippen LogP contribution in [-0.2, 0) is 29.1 Å². The zero-order valence-corrected chi connectivity index (χ0v) is 16.8. The van der Waals surface area contributed by atoms with E-state index in [1.165, 1.54) is 5.56 Å². The first-order valence-electron chi connectivity index (χ1n) is 10.0. The molecule has 7 nitrogen and oxygen atoms in total. The number of hydrogen-bond acceptors (Lipinski definition) is 4. The van der Waals surface area contributed by atoms with Gasteiger partial charge in [-0.15, -0.1) is 10.2 Å². The minimum Gasteiger partial charge on any atom is -0.342 e. The fourth-order valence-corrected chi connectivity index (χ4v) is 3.72. The highest BCUT2D eigenvalue weighted by atomic mass is 16.2. The Hall–Kier alpha value is -2.70. The summed E-state index contributed by atoms with van der Waals surface area (Å²) in [4.78, 5) is 28.8. The second-order valence-electron chi connectivity index (χ2n) is 7.39. The molecule has 0 bridgehead atoms. The van der Waals surface area contributed by atoms with Gasteiger partial charge in [0.1, 0.15) is 6.33 Å². The third kappa shape index (κ3) is 4.97. The zero-order chi connectivity index (χ0) is 19.9. The molecule has 150 valence electrons. The van der Waals surface area contributed by atoms with Crippen molar-refractivity contribution in [2.24, 2.45) is 5.92 Å². The topological polar surface area (TPSA) is 71.3 Å². The van der Waals surface area contributed by atoms with E-state index in [0.717, 1.165) is 25.2 Å². The molecule has 1 aliphatic rings. The predicted molar refractivity (Wildman–Crippen MR) is 106 cm³/mol. The van der Waals surface area contributed by atoms with Gasteiger partial charge in [0.2, 0.25) is 11.8 Å². The second-order valence-corrected chi connectivity index (χ2v) is 7.39. The molecule has 1 unspecified atom stereocenters. The minimum absolute atomic E-state index is 0.0752. The van der Waals surface area contributed by atoms with Crippen molar-refractivity contribution in [1.29, 1.82) is 0 Å². The zero-order valence-electron chi connectivity index (χ0n) is 16.8. The number of aromatic nitrogens is 3. The maximum atomic E-state index is 12.9. The lowest BCUT2D eigenvalue weighted by Gasteiger charge is -2.33. The highest BCUT2D eigenvalue weighted by Crippen LogP contribution is 2.21. The summed E-state index contributed by atoms with van der Waals surface area (Å²) in [5.74, 6) is 0.874. The van der Waals surface area contributed by atoms with E-state index in [-0.39, 0.29) is 17.7 Å². The molecule has 1 aliphatic heterocycles. The van der Waals surface area contributed by atoms with Gasteiger partial charge in [-0.25, -0.2) is 0 Å². The summed E-state index contributed by atoms with van der Waals surface area (Å²) < 4.78 is 1.93. The third-order valence-electron chi connectivity index (χ3n) is 5.38. The van der Waals surface area contributed by atoms with Crippen molar-refractivity contribution in [2.45, 2.75) is 45.7 Å². The summed E-state index contributed by atoms with van der Waals surface area (Å²) in [7, 11) is 1.80. The van der Waals surface area contributed by atoms with Crippen LogP contribution in [0.5, 0.6) is 0 Å². The van der Waals surface area contributed by atoms with E-state index in [1.54, 1.807) is 18.3 Å². The first-order chi connectivity index (χ1) is 13.6. The van der Waals surface area contributed by atoms with E-state index in [9.17, 15) is 9.59 Å². The molecule has 7 heteroatoms. The van der Waals surface area contributed by atoms with E-state index in [4.69, 9.17) is 0 Å². The van der Waals surface area contributed by atoms with Gasteiger partial charge in [0.15, 0.2) is 5.82 Å². The number of likely N-dealkylation sites (tertiary alicyclic amines) is 1. The Morgan fingerprint density at radius 3 is 2.82 bits per heavy atom. The molecule has 28 heavy (non-hydrogen) atoms. The van der Waals surface area contributed by atoms with Crippen LogP contribution in [0.1, 0.15) is 37.6 Å². The SMILES string of the molecule is CCn1cnnc1CN(C)C(=O)C1CCC(=O)N(CCCc2ccccc2)C1. The minimum atomic E-state index is -0.141. The highest BCUT2D eigenvalue weighted by molar-refractivity contribution is 5.83. The quantitative estimate of drug-likeness (QED) is 0.700. The van der Waals surface area contributed by atoms with Crippen LogP contribution in [0.15, 0.2) is 36.7 Å². The van der Waals surface area contributed by atoms with Crippen molar-refractivity contribution in [3.8, 4) is 0 Å². The number of carbonyl (C=O) groups excluding carboxylic acids is 2. The molecular formula is C21H29N5O2. The van der Waals surface area contributed by atoms with E-state index in [0.29, 0.717) is 32.5 Å². The first-order valence-corrected chi connectivity index (χ1v) is 10.0. The Balaban J connectivity index is 1.52. The molecule has 0 N–H and O–H groups in total. The van der Waals surface area contributed by atoms with Gasteiger partial charge < -0.3 is 14.4 Å². The summed E-state index contributed by atoms with van der Waals surface area (Å²) >= 11 is 0. The van der Waals surface area contributed by atoms with Crippen LogP contribution in [0.25, 0.3) is 0 Å². The van der Waals surface area contributed by atoms with Crippen molar-refractivity contribution in [3.63, 3.8) is 0 Å². The van der Waals surface area contributed by atoms with Gasteiger partial charge in [0, 0.05) is 33.1 Å². The number of amides is 2. The maximum absolute atomic E-state index is 12.9. The molecule has 0 saturated carbocycles. The van der Waals surface area contributed by atoms with Gasteiger partial charge in [-0.2, -0.15) is 0 Å². The Kier molecular flexibility index (Phi) is 6.79. The summed E-state index contributed by atoms with van der Waals surface area (Å²) in [5.41, 5.74) is 1.28. The molecule has 0 radical (unpaired) electrons. The second kappa shape index (κ2) is 9.48. The fourth-order valence-electron chi connectivity index (χ4n) is 3.72. The van der Waals surface area contributed by atoms with Crippen LogP contribution in [0.2, 0.25) is 0 Å². The number of rotatable bonds is 8. The Morgan fingerprint density at radius 1 is 1.29 bits per heavy atom. The van der Waals surface area contributed by atoms with Crippen molar-refractivity contribution in [3.05, 3.63) is 48.0 Å². The average Bonchev–Trinajstić information content (AvgIpc) is 3.16. The molecular weight excluding hydrogens is 354 g/mol. The van der Waals surface area contributed by atoms with Gasteiger partial charge >= 0.3 is 0 Å². The highest BCUT2D eigenvalue weighted by Gasteiger charge is 2.31. The monoisotopic (exact) mass is 383 g/mol. The van der Waals surface area contributed by atoms with Gasteiger partial charge in [-0.1, -0.05) is 30.3 Å². The molecule has 0 spiro atoms. The number of piperidine rings is 1. The number of benzene rings is 1. The number of nitrogens with zero attached hydrogens (tertiary/aromatic N) is 5. The van der Waals surface area contributed by atoms with Crippen molar-refractivity contribution in [1.82, 2.24) is 24.6 Å². The molecule has 2 heterocycles. The van der Waals surface area contributed by atoms with Crippen LogP contribution in [0.3, 0.4) is 0 Å². The third-order valence-corrected chi connectivity index (χ3v) is 5.38. The van der Waals surface area contributed by atoms with Crippen LogP contribution < -0.4 is 0 Å². The normalized spacial score (nSPS) is 17.0. The molecule has 3 rings (SSSR count). The van der Waals surface area contributed by atoms with Crippen LogP contribution >= 0.6 is 0 Å². The molecule has 1 aromatic carbocycles.